The minimum absolute atomic E-state index is 0.239. The van der Waals surface area contributed by atoms with Gasteiger partial charge in [0.05, 0.1) is 11.4 Å². The molecule has 0 saturated carbocycles. The molecule has 0 aliphatic carbocycles. The number of nitrogens with zero attached hydrogens (tertiary/aromatic N) is 1. The molecule has 1 aliphatic rings. The third-order valence-corrected chi connectivity index (χ3v) is 3.52. The lowest BCUT2D eigenvalue weighted by Crippen LogP contribution is -2.20. The highest BCUT2D eigenvalue weighted by molar-refractivity contribution is 7.97. The zero-order valence-electron chi connectivity index (χ0n) is 9.84. The summed E-state index contributed by atoms with van der Waals surface area (Å²) < 4.78 is 0. The second-order valence-electron chi connectivity index (χ2n) is 4.38. The summed E-state index contributed by atoms with van der Waals surface area (Å²) in [5.74, 6) is 0. The molecule has 0 bridgehead atoms. The van der Waals surface area contributed by atoms with Gasteiger partial charge in [0.15, 0.2) is 0 Å². The van der Waals surface area contributed by atoms with Crippen molar-refractivity contribution >= 4 is 29.2 Å². The first-order valence-corrected chi connectivity index (χ1v) is 6.41. The third-order valence-electron chi connectivity index (χ3n) is 3.32. The minimum Gasteiger partial charge on any atom is -0.272 e. The van der Waals surface area contributed by atoms with Gasteiger partial charge in [-0.15, -0.1) is 0 Å². The van der Waals surface area contributed by atoms with E-state index in [-0.39, 0.29) is 5.24 Å². The summed E-state index contributed by atoms with van der Waals surface area (Å²) in [5, 5.41) is -0.239. The molecule has 2 nitrogen and oxygen atoms in total. The Morgan fingerprint density at radius 3 is 1.78 bits per heavy atom. The Morgan fingerprint density at radius 2 is 1.33 bits per heavy atom. The number of carbonyl (C=O) groups excluding carboxylic acids is 1. The summed E-state index contributed by atoms with van der Waals surface area (Å²) >= 11 is 4.03. The van der Waals surface area contributed by atoms with Gasteiger partial charge >= 0.3 is 0 Å². The third kappa shape index (κ3) is 1.81. The summed E-state index contributed by atoms with van der Waals surface area (Å²) in [6, 6.07) is 16.0. The SMILES string of the molecule is O=C(S)N1c2ccccc2CCc2ccccc21. The van der Waals surface area contributed by atoms with Crippen LogP contribution in [0.25, 0.3) is 0 Å². The summed E-state index contributed by atoms with van der Waals surface area (Å²) in [4.78, 5) is 13.6. The molecule has 0 spiro atoms. The molecule has 0 aromatic heterocycles. The molecule has 0 radical (unpaired) electrons. The molecule has 18 heavy (non-hydrogen) atoms. The van der Waals surface area contributed by atoms with Crippen molar-refractivity contribution in [1.82, 2.24) is 0 Å². The van der Waals surface area contributed by atoms with Crippen molar-refractivity contribution in [2.75, 3.05) is 4.90 Å². The van der Waals surface area contributed by atoms with Gasteiger partial charge in [-0.2, -0.15) is 0 Å². The molecule has 0 N–H and O–H groups in total. The zero-order valence-corrected chi connectivity index (χ0v) is 10.7. The number of para-hydroxylation sites is 2. The van der Waals surface area contributed by atoms with Crippen LogP contribution in [0.1, 0.15) is 11.1 Å². The molecule has 0 saturated heterocycles. The topological polar surface area (TPSA) is 20.3 Å². The van der Waals surface area contributed by atoms with Gasteiger partial charge in [0.2, 0.25) is 0 Å². The number of fused-ring (bicyclic) bond motifs is 2. The van der Waals surface area contributed by atoms with E-state index in [1.54, 1.807) is 4.90 Å². The van der Waals surface area contributed by atoms with Crippen LogP contribution in [0.5, 0.6) is 0 Å². The van der Waals surface area contributed by atoms with Crippen LogP contribution in [0.2, 0.25) is 0 Å². The van der Waals surface area contributed by atoms with Crippen molar-refractivity contribution in [2.24, 2.45) is 0 Å². The van der Waals surface area contributed by atoms with Crippen molar-refractivity contribution in [2.45, 2.75) is 12.8 Å². The molecule has 0 fully saturated rings. The lowest BCUT2D eigenvalue weighted by atomic mass is 10.0. The fraction of sp³-hybridized carbons (Fsp3) is 0.133. The molecule has 1 heterocycles. The van der Waals surface area contributed by atoms with Crippen molar-refractivity contribution in [1.29, 1.82) is 0 Å². The Morgan fingerprint density at radius 1 is 0.889 bits per heavy atom. The average Bonchev–Trinajstić information content (AvgIpc) is 2.55. The van der Waals surface area contributed by atoms with Gasteiger partial charge in [0, 0.05) is 0 Å². The number of aryl methyl sites for hydroxylation is 2. The quantitative estimate of drug-likeness (QED) is 0.706. The Balaban J connectivity index is 2.24. The highest BCUT2D eigenvalue weighted by Gasteiger charge is 2.23. The van der Waals surface area contributed by atoms with Crippen LogP contribution in [0.15, 0.2) is 48.5 Å². The molecule has 2 aromatic carbocycles. The predicted molar refractivity (Wildman–Crippen MR) is 76.8 cm³/mol. The Labute approximate surface area is 112 Å². The monoisotopic (exact) mass is 255 g/mol. The van der Waals surface area contributed by atoms with Crippen LogP contribution in [-0.2, 0) is 12.8 Å². The van der Waals surface area contributed by atoms with E-state index in [9.17, 15) is 4.79 Å². The highest BCUT2D eigenvalue weighted by Crippen LogP contribution is 2.36. The van der Waals surface area contributed by atoms with Gasteiger partial charge in [0.1, 0.15) is 0 Å². The van der Waals surface area contributed by atoms with E-state index >= 15 is 0 Å². The predicted octanol–water partition coefficient (Wildman–Crippen LogP) is 3.97. The number of anilines is 2. The van der Waals surface area contributed by atoms with E-state index in [0.29, 0.717) is 0 Å². The fourth-order valence-electron chi connectivity index (χ4n) is 2.49. The van der Waals surface area contributed by atoms with E-state index in [1.807, 2.05) is 36.4 Å². The first-order valence-electron chi connectivity index (χ1n) is 5.96. The van der Waals surface area contributed by atoms with E-state index in [4.69, 9.17) is 0 Å². The number of amides is 1. The number of thiol groups is 1. The zero-order chi connectivity index (χ0) is 12.5. The molecule has 90 valence electrons. The van der Waals surface area contributed by atoms with Crippen molar-refractivity contribution in [3.8, 4) is 0 Å². The summed E-state index contributed by atoms with van der Waals surface area (Å²) in [5.41, 5.74) is 4.28. The Bertz CT molecular complexity index is 561. The maximum atomic E-state index is 11.9. The molecule has 3 rings (SSSR count). The van der Waals surface area contributed by atoms with Crippen LogP contribution in [0, 0.1) is 0 Å². The Kier molecular flexibility index (Phi) is 2.84. The summed E-state index contributed by atoms with van der Waals surface area (Å²) in [6.07, 6.45) is 1.90. The molecule has 1 aliphatic heterocycles. The van der Waals surface area contributed by atoms with Crippen molar-refractivity contribution in [3.05, 3.63) is 59.7 Å². The largest absolute Gasteiger partial charge is 0.287 e. The fourth-order valence-corrected chi connectivity index (χ4v) is 2.70. The number of hydrogen-bond donors (Lipinski definition) is 1. The first kappa shape index (κ1) is 11.4. The molecule has 3 heteroatoms. The molecule has 0 atom stereocenters. The summed E-state index contributed by atoms with van der Waals surface area (Å²) in [7, 11) is 0. The van der Waals surface area contributed by atoms with Crippen LogP contribution < -0.4 is 4.90 Å². The van der Waals surface area contributed by atoms with Gasteiger partial charge < -0.3 is 0 Å². The van der Waals surface area contributed by atoms with Crippen molar-refractivity contribution < 1.29 is 4.79 Å². The standard InChI is InChI=1S/C15H13NOS/c17-15(18)16-13-7-3-1-5-11(13)9-10-12-6-2-4-8-14(12)16/h1-8H,9-10H2,(H,17,18). The van der Waals surface area contributed by atoms with Gasteiger partial charge in [-0.3, -0.25) is 9.69 Å². The molecular weight excluding hydrogens is 242 g/mol. The first-order chi connectivity index (χ1) is 8.77. The average molecular weight is 255 g/mol. The maximum Gasteiger partial charge on any atom is 0.287 e. The second-order valence-corrected chi connectivity index (χ2v) is 4.76. The van der Waals surface area contributed by atoms with Gasteiger partial charge in [-0.05, 0) is 36.1 Å². The second kappa shape index (κ2) is 4.50. The lowest BCUT2D eigenvalue weighted by molar-refractivity contribution is 0.267. The van der Waals surface area contributed by atoms with Gasteiger partial charge in [-0.1, -0.05) is 49.0 Å². The highest BCUT2D eigenvalue weighted by atomic mass is 32.1. The van der Waals surface area contributed by atoms with Gasteiger partial charge in [-0.25, -0.2) is 0 Å². The van der Waals surface area contributed by atoms with E-state index in [1.165, 1.54) is 11.1 Å². The van der Waals surface area contributed by atoms with E-state index in [0.717, 1.165) is 24.2 Å². The van der Waals surface area contributed by atoms with Crippen LogP contribution in [-0.4, -0.2) is 5.24 Å². The number of rotatable bonds is 0. The van der Waals surface area contributed by atoms with E-state index in [2.05, 4.69) is 24.8 Å². The number of benzene rings is 2. The van der Waals surface area contributed by atoms with Crippen molar-refractivity contribution in [3.63, 3.8) is 0 Å². The Hall–Kier alpha value is -1.74. The van der Waals surface area contributed by atoms with Gasteiger partial charge in [0.25, 0.3) is 5.24 Å². The molecule has 0 unspecified atom stereocenters. The number of hydrogen-bond acceptors (Lipinski definition) is 1. The minimum atomic E-state index is -0.239. The lowest BCUT2D eigenvalue weighted by Gasteiger charge is -2.22. The molecule has 2 aromatic rings. The van der Waals surface area contributed by atoms with Crippen LogP contribution in [0.4, 0.5) is 16.2 Å². The maximum absolute atomic E-state index is 11.9. The van der Waals surface area contributed by atoms with Crippen LogP contribution in [0.3, 0.4) is 0 Å². The molecular formula is C15H13NOS. The summed E-state index contributed by atoms with van der Waals surface area (Å²) in [6.45, 7) is 0. The smallest absolute Gasteiger partial charge is 0.272 e. The number of carbonyl (C=O) groups is 1. The van der Waals surface area contributed by atoms with E-state index < -0.39 is 0 Å². The normalized spacial score (nSPS) is 13.5. The van der Waals surface area contributed by atoms with Crippen LogP contribution >= 0.6 is 12.6 Å². The molecule has 1 amide bonds.